The SMILES string of the molecule is CCc1n[nH]c(=O)c(CNc2cc(C)nc(-c3cccnc3)n2)c1CC. The van der Waals surface area contributed by atoms with Crippen molar-refractivity contribution in [2.45, 2.75) is 40.2 Å². The van der Waals surface area contributed by atoms with E-state index in [9.17, 15) is 4.79 Å². The smallest absolute Gasteiger partial charge is 0.269 e. The molecule has 0 saturated carbocycles. The van der Waals surface area contributed by atoms with E-state index in [1.165, 1.54) is 0 Å². The van der Waals surface area contributed by atoms with Crippen molar-refractivity contribution < 1.29 is 0 Å². The zero-order valence-corrected chi connectivity index (χ0v) is 15.2. The second-order valence-electron chi connectivity index (χ2n) is 5.98. The molecule has 0 spiro atoms. The monoisotopic (exact) mass is 350 g/mol. The largest absolute Gasteiger partial charge is 0.366 e. The standard InChI is InChI=1S/C19H22N6O/c1-4-14-15(19(26)25-24-16(14)5-2)11-21-17-9-12(3)22-18(23-17)13-7-6-8-20-10-13/h6-10H,4-5,11H2,1-3H3,(H,25,26)(H,21,22,23). The molecule has 3 heterocycles. The van der Waals surface area contributed by atoms with Crippen LogP contribution in [0.25, 0.3) is 11.4 Å². The van der Waals surface area contributed by atoms with Crippen LogP contribution in [0.1, 0.15) is 36.4 Å². The van der Waals surface area contributed by atoms with Crippen LogP contribution in [0.15, 0.2) is 35.4 Å². The van der Waals surface area contributed by atoms with Gasteiger partial charge in [-0.1, -0.05) is 13.8 Å². The van der Waals surface area contributed by atoms with Crippen molar-refractivity contribution in [3.63, 3.8) is 0 Å². The molecule has 7 heteroatoms. The maximum atomic E-state index is 12.2. The number of anilines is 1. The van der Waals surface area contributed by atoms with E-state index in [0.29, 0.717) is 23.8 Å². The number of nitrogens with zero attached hydrogens (tertiary/aromatic N) is 4. The van der Waals surface area contributed by atoms with Gasteiger partial charge in [-0.15, -0.1) is 0 Å². The van der Waals surface area contributed by atoms with Crippen molar-refractivity contribution in [2.75, 3.05) is 5.32 Å². The molecule has 134 valence electrons. The van der Waals surface area contributed by atoms with E-state index in [2.05, 4.69) is 30.5 Å². The predicted molar refractivity (Wildman–Crippen MR) is 101 cm³/mol. The van der Waals surface area contributed by atoms with Crippen LogP contribution in [0.4, 0.5) is 5.82 Å². The highest BCUT2D eigenvalue weighted by Gasteiger charge is 2.12. The average Bonchev–Trinajstić information content (AvgIpc) is 2.67. The van der Waals surface area contributed by atoms with Crippen LogP contribution in [-0.2, 0) is 19.4 Å². The molecule has 3 rings (SSSR count). The fourth-order valence-electron chi connectivity index (χ4n) is 2.92. The van der Waals surface area contributed by atoms with Gasteiger partial charge >= 0.3 is 0 Å². The minimum absolute atomic E-state index is 0.162. The van der Waals surface area contributed by atoms with Crippen LogP contribution in [-0.4, -0.2) is 25.1 Å². The lowest BCUT2D eigenvalue weighted by Crippen LogP contribution is -2.22. The predicted octanol–water partition coefficient (Wildman–Crippen LogP) is 2.67. The van der Waals surface area contributed by atoms with Crippen molar-refractivity contribution in [1.29, 1.82) is 0 Å². The van der Waals surface area contributed by atoms with E-state index in [0.717, 1.165) is 35.4 Å². The summed E-state index contributed by atoms with van der Waals surface area (Å²) in [5.74, 6) is 1.28. The third kappa shape index (κ3) is 3.77. The maximum Gasteiger partial charge on any atom is 0.269 e. The van der Waals surface area contributed by atoms with E-state index in [-0.39, 0.29) is 5.56 Å². The molecule has 0 bridgehead atoms. The first-order valence-electron chi connectivity index (χ1n) is 8.71. The number of rotatable bonds is 6. The Hall–Kier alpha value is -3.09. The molecule has 0 atom stereocenters. The number of aromatic amines is 1. The Morgan fingerprint density at radius 1 is 1.15 bits per heavy atom. The van der Waals surface area contributed by atoms with Crippen LogP contribution in [0.5, 0.6) is 0 Å². The van der Waals surface area contributed by atoms with Crippen LogP contribution in [0.2, 0.25) is 0 Å². The number of hydrogen-bond donors (Lipinski definition) is 2. The van der Waals surface area contributed by atoms with Crippen LogP contribution < -0.4 is 10.9 Å². The molecule has 0 saturated heterocycles. The Balaban J connectivity index is 1.89. The lowest BCUT2D eigenvalue weighted by Gasteiger charge is -2.12. The third-order valence-electron chi connectivity index (χ3n) is 4.19. The molecular formula is C19H22N6O. The summed E-state index contributed by atoms with van der Waals surface area (Å²) in [5.41, 5.74) is 4.17. The van der Waals surface area contributed by atoms with Gasteiger partial charge in [-0.05, 0) is 37.5 Å². The van der Waals surface area contributed by atoms with E-state index < -0.39 is 0 Å². The molecule has 3 aromatic rings. The Kier molecular flexibility index (Phi) is 5.36. The Morgan fingerprint density at radius 3 is 2.69 bits per heavy atom. The summed E-state index contributed by atoms with van der Waals surface area (Å²) in [5, 5.41) is 10.0. The molecule has 0 fully saturated rings. The van der Waals surface area contributed by atoms with Gasteiger partial charge in [0.15, 0.2) is 5.82 Å². The Labute approximate surface area is 152 Å². The van der Waals surface area contributed by atoms with Gasteiger partial charge in [-0.2, -0.15) is 5.10 Å². The molecule has 0 aliphatic carbocycles. The van der Waals surface area contributed by atoms with Gasteiger partial charge in [0.1, 0.15) is 5.82 Å². The van der Waals surface area contributed by atoms with Crippen molar-refractivity contribution in [2.24, 2.45) is 0 Å². The van der Waals surface area contributed by atoms with Gasteiger partial charge < -0.3 is 5.32 Å². The highest BCUT2D eigenvalue weighted by Crippen LogP contribution is 2.18. The quantitative estimate of drug-likeness (QED) is 0.709. The van der Waals surface area contributed by atoms with Crippen molar-refractivity contribution in [3.05, 3.63) is 63.5 Å². The first-order chi connectivity index (χ1) is 12.6. The Bertz CT molecular complexity index is 952. The maximum absolute atomic E-state index is 12.2. The zero-order valence-electron chi connectivity index (χ0n) is 15.2. The second-order valence-corrected chi connectivity index (χ2v) is 5.98. The van der Waals surface area contributed by atoms with E-state index in [1.54, 1.807) is 12.4 Å². The normalized spacial score (nSPS) is 10.7. The summed E-state index contributed by atoms with van der Waals surface area (Å²) in [6, 6.07) is 5.63. The summed E-state index contributed by atoms with van der Waals surface area (Å²) >= 11 is 0. The van der Waals surface area contributed by atoms with Crippen LogP contribution >= 0.6 is 0 Å². The molecule has 0 unspecified atom stereocenters. The molecule has 7 nitrogen and oxygen atoms in total. The summed E-state index contributed by atoms with van der Waals surface area (Å²) in [7, 11) is 0. The Morgan fingerprint density at radius 2 is 2.00 bits per heavy atom. The minimum atomic E-state index is -0.162. The highest BCUT2D eigenvalue weighted by molar-refractivity contribution is 5.56. The molecule has 2 N–H and O–H groups in total. The van der Waals surface area contributed by atoms with E-state index in [4.69, 9.17) is 0 Å². The summed E-state index contributed by atoms with van der Waals surface area (Å²) in [6.07, 6.45) is 4.99. The van der Waals surface area contributed by atoms with E-state index in [1.807, 2.05) is 39.0 Å². The van der Waals surface area contributed by atoms with Crippen LogP contribution in [0.3, 0.4) is 0 Å². The molecule has 26 heavy (non-hydrogen) atoms. The van der Waals surface area contributed by atoms with Gasteiger partial charge in [0, 0.05) is 41.8 Å². The summed E-state index contributed by atoms with van der Waals surface area (Å²) in [6.45, 7) is 6.37. The number of H-pyrrole nitrogens is 1. The summed E-state index contributed by atoms with van der Waals surface area (Å²) in [4.78, 5) is 25.4. The van der Waals surface area contributed by atoms with Crippen molar-refractivity contribution in [1.82, 2.24) is 25.1 Å². The molecule has 0 radical (unpaired) electrons. The van der Waals surface area contributed by atoms with Crippen molar-refractivity contribution in [3.8, 4) is 11.4 Å². The lowest BCUT2D eigenvalue weighted by molar-refractivity contribution is 0.826. The third-order valence-corrected chi connectivity index (χ3v) is 4.19. The van der Waals surface area contributed by atoms with Gasteiger partial charge in [0.2, 0.25) is 0 Å². The molecule has 0 aliphatic heterocycles. The number of nitrogens with one attached hydrogen (secondary N) is 2. The second kappa shape index (κ2) is 7.86. The average molecular weight is 350 g/mol. The summed E-state index contributed by atoms with van der Waals surface area (Å²) < 4.78 is 0. The van der Waals surface area contributed by atoms with Gasteiger partial charge in [-0.25, -0.2) is 15.1 Å². The van der Waals surface area contributed by atoms with Gasteiger partial charge in [-0.3, -0.25) is 9.78 Å². The molecule has 3 aromatic heterocycles. The number of pyridine rings is 1. The molecule has 0 aliphatic rings. The molecule has 0 amide bonds. The first kappa shape index (κ1) is 17.7. The zero-order chi connectivity index (χ0) is 18.5. The van der Waals surface area contributed by atoms with Gasteiger partial charge in [0.25, 0.3) is 5.56 Å². The fourth-order valence-corrected chi connectivity index (χ4v) is 2.92. The number of aromatic nitrogens is 5. The molecular weight excluding hydrogens is 328 g/mol. The number of hydrogen-bond acceptors (Lipinski definition) is 6. The first-order valence-corrected chi connectivity index (χ1v) is 8.71. The van der Waals surface area contributed by atoms with Crippen LogP contribution in [0, 0.1) is 6.92 Å². The topological polar surface area (TPSA) is 96.5 Å². The highest BCUT2D eigenvalue weighted by atomic mass is 16.1. The van der Waals surface area contributed by atoms with E-state index >= 15 is 0 Å². The minimum Gasteiger partial charge on any atom is -0.366 e. The molecule has 0 aromatic carbocycles. The fraction of sp³-hybridized carbons (Fsp3) is 0.316. The van der Waals surface area contributed by atoms with Gasteiger partial charge in [0.05, 0.1) is 5.69 Å². The van der Waals surface area contributed by atoms with Crippen molar-refractivity contribution >= 4 is 5.82 Å². The number of aryl methyl sites for hydroxylation is 2. The lowest BCUT2D eigenvalue weighted by atomic mass is 10.0.